The number of hydrogen-bond donors (Lipinski definition) is 1. The molecule has 1 unspecified atom stereocenters. The molecule has 5 heteroatoms. The molecule has 3 nitrogen and oxygen atoms in total. The van der Waals surface area contributed by atoms with Gasteiger partial charge in [-0.15, -0.1) is 0 Å². The molecule has 0 spiro atoms. The van der Waals surface area contributed by atoms with E-state index >= 15 is 0 Å². The van der Waals surface area contributed by atoms with Crippen LogP contribution in [0.1, 0.15) is 18.9 Å². The Morgan fingerprint density at radius 3 is 2.21 bits per heavy atom. The van der Waals surface area contributed by atoms with Crippen LogP contribution in [0.2, 0.25) is 0 Å². The van der Waals surface area contributed by atoms with Crippen molar-refractivity contribution < 1.29 is 18.3 Å². The Kier molecular flexibility index (Phi) is 6.91. The Labute approximate surface area is 112 Å². The number of benzene rings is 1. The number of halogens is 2. The van der Waals surface area contributed by atoms with E-state index in [2.05, 4.69) is 5.32 Å². The fourth-order valence-electron chi connectivity index (χ4n) is 1.97. The molecule has 0 aliphatic carbocycles. The lowest BCUT2D eigenvalue weighted by Gasteiger charge is -2.26. The first-order chi connectivity index (χ1) is 9.13. The van der Waals surface area contributed by atoms with Gasteiger partial charge in [0.05, 0.1) is 6.04 Å². The summed E-state index contributed by atoms with van der Waals surface area (Å²) < 4.78 is 37.7. The molecule has 1 aromatic rings. The highest BCUT2D eigenvalue weighted by molar-refractivity contribution is 5.21. The zero-order valence-corrected chi connectivity index (χ0v) is 11.6. The maximum absolute atomic E-state index is 13.7. The molecular formula is C14H21F2NO2. The molecule has 1 N–H and O–H groups in total. The number of hydrogen-bond acceptors (Lipinski definition) is 3. The van der Waals surface area contributed by atoms with Crippen LogP contribution in [0, 0.1) is 11.6 Å². The van der Waals surface area contributed by atoms with Gasteiger partial charge in [-0.2, -0.15) is 0 Å². The number of nitrogens with one attached hydrogen (secondary N) is 1. The predicted octanol–water partition coefficient (Wildman–Crippen LogP) is 2.49. The fourth-order valence-corrected chi connectivity index (χ4v) is 1.97. The summed E-state index contributed by atoms with van der Waals surface area (Å²) in [6.45, 7) is 2.74. The van der Waals surface area contributed by atoms with Gasteiger partial charge in [0.2, 0.25) is 0 Å². The topological polar surface area (TPSA) is 30.5 Å². The lowest BCUT2D eigenvalue weighted by atomic mass is 10.0. The molecule has 0 bridgehead atoms. The number of rotatable bonds is 8. The molecular weight excluding hydrogens is 252 g/mol. The Hall–Kier alpha value is -1.04. The van der Waals surface area contributed by atoms with Crippen LogP contribution in [0.5, 0.6) is 0 Å². The van der Waals surface area contributed by atoms with Gasteiger partial charge < -0.3 is 14.8 Å². The van der Waals surface area contributed by atoms with Crippen LogP contribution < -0.4 is 5.32 Å². The first-order valence-corrected chi connectivity index (χ1v) is 6.35. The lowest BCUT2D eigenvalue weighted by Crippen LogP contribution is -2.44. The molecule has 1 atom stereocenters. The van der Waals surface area contributed by atoms with Gasteiger partial charge >= 0.3 is 0 Å². The summed E-state index contributed by atoms with van der Waals surface area (Å²) in [5, 5.41) is 3.19. The molecule has 0 aliphatic heterocycles. The van der Waals surface area contributed by atoms with Crippen molar-refractivity contribution in [1.29, 1.82) is 0 Å². The van der Waals surface area contributed by atoms with Crippen molar-refractivity contribution in [3.05, 3.63) is 35.4 Å². The maximum Gasteiger partial charge on any atom is 0.172 e. The molecule has 0 aromatic heterocycles. The number of methoxy groups -OCH3 is 2. The molecule has 19 heavy (non-hydrogen) atoms. The summed E-state index contributed by atoms with van der Waals surface area (Å²) in [6, 6.07) is 3.56. The van der Waals surface area contributed by atoms with E-state index in [0.29, 0.717) is 0 Å². The second kappa shape index (κ2) is 8.19. The Morgan fingerprint density at radius 2 is 1.74 bits per heavy atom. The van der Waals surface area contributed by atoms with E-state index in [1.54, 1.807) is 0 Å². The quantitative estimate of drug-likeness (QED) is 0.738. The van der Waals surface area contributed by atoms with Gasteiger partial charge in [-0.3, -0.25) is 0 Å². The molecule has 108 valence electrons. The van der Waals surface area contributed by atoms with Gasteiger partial charge in [0, 0.05) is 19.8 Å². The van der Waals surface area contributed by atoms with Crippen molar-refractivity contribution >= 4 is 0 Å². The standard InChI is InChI=1S/C14H21F2NO2/c1-4-8-17-13(14(18-2)19-3)9-10-11(15)6-5-7-12(10)16/h5-7,13-14,17H,4,8-9H2,1-3H3. The summed E-state index contributed by atoms with van der Waals surface area (Å²) in [5.74, 6) is -1.09. The zero-order valence-electron chi connectivity index (χ0n) is 11.6. The maximum atomic E-state index is 13.7. The minimum atomic E-state index is -0.550. The molecule has 0 radical (unpaired) electrons. The monoisotopic (exact) mass is 273 g/mol. The van der Waals surface area contributed by atoms with E-state index in [9.17, 15) is 8.78 Å². The summed E-state index contributed by atoms with van der Waals surface area (Å²) in [4.78, 5) is 0. The van der Waals surface area contributed by atoms with E-state index < -0.39 is 17.9 Å². The zero-order chi connectivity index (χ0) is 14.3. The second-order valence-electron chi connectivity index (χ2n) is 4.30. The van der Waals surface area contributed by atoms with E-state index in [-0.39, 0.29) is 18.0 Å². The molecule has 0 aliphatic rings. The molecule has 0 saturated heterocycles. The summed E-state index contributed by atoms with van der Waals surface area (Å²) in [5.41, 5.74) is 0.0511. The van der Waals surface area contributed by atoms with Crippen LogP contribution >= 0.6 is 0 Å². The van der Waals surface area contributed by atoms with Crippen molar-refractivity contribution in [3.8, 4) is 0 Å². The Bertz CT molecular complexity index is 363. The van der Waals surface area contributed by atoms with E-state index in [1.165, 1.54) is 32.4 Å². The highest BCUT2D eigenvalue weighted by Crippen LogP contribution is 2.16. The first-order valence-electron chi connectivity index (χ1n) is 6.35. The summed E-state index contributed by atoms with van der Waals surface area (Å²) >= 11 is 0. The molecule has 0 amide bonds. The van der Waals surface area contributed by atoms with Crippen LogP contribution in [0.4, 0.5) is 8.78 Å². The minimum Gasteiger partial charge on any atom is -0.354 e. The normalized spacial score (nSPS) is 12.9. The third-order valence-electron chi connectivity index (χ3n) is 2.94. The van der Waals surface area contributed by atoms with Gasteiger partial charge in [-0.1, -0.05) is 13.0 Å². The SMILES string of the molecule is CCCNC(Cc1c(F)cccc1F)C(OC)OC. The van der Waals surface area contributed by atoms with Crippen molar-refractivity contribution in [2.45, 2.75) is 32.1 Å². The molecule has 1 aromatic carbocycles. The summed E-state index contributed by atoms with van der Waals surface area (Å²) in [7, 11) is 3.01. The fraction of sp³-hybridized carbons (Fsp3) is 0.571. The van der Waals surface area contributed by atoms with Crippen molar-refractivity contribution in [1.82, 2.24) is 5.32 Å². The third-order valence-corrected chi connectivity index (χ3v) is 2.94. The predicted molar refractivity (Wildman–Crippen MR) is 69.9 cm³/mol. The molecule has 0 heterocycles. The lowest BCUT2D eigenvalue weighted by molar-refractivity contribution is -0.122. The highest BCUT2D eigenvalue weighted by atomic mass is 19.1. The third kappa shape index (κ3) is 4.53. The second-order valence-corrected chi connectivity index (χ2v) is 4.30. The van der Waals surface area contributed by atoms with E-state index in [0.717, 1.165) is 13.0 Å². The van der Waals surface area contributed by atoms with Gasteiger partial charge in [-0.25, -0.2) is 8.78 Å². The molecule has 1 rings (SSSR count). The number of ether oxygens (including phenoxy) is 2. The summed E-state index contributed by atoms with van der Waals surface area (Å²) in [6.07, 6.45) is 0.534. The molecule has 0 fully saturated rings. The van der Waals surface area contributed by atoms with Gasteiger partial charge in [0.1, 0.15) is 11.6 Å². The van der Waals surface area contributed by atoms with Crippen molar-refractivity contribution in [2.75, 3.05) is 20.8 Å². The first kappa shape index (κ1) is 16.0. The minimum absolute atomic E-state index is 0.0511. The van der Waals surface area contributed by atoms with E-state index in [4.69, 9.17) is 9.47 Å². The van der Waals surface area contributed by atoms with Crippen LogP contribution in [0.15, 0.2) is 18.2 Å². The van der Waals surface area contributed by atoms with Crippen LogP contribution in [0.25, 0.3) is 0 Å². The van der Waals surface area contributed by atoms with Crippen molar-refractivity contribution in [2.24, 2.45) is 0 Å². The Balaban J connectivity index is 2.86. The van der Waals surface area contributed by atoms with Crippen LogP contribution in [-0.2, 0) is 15.9 Å². The average molecular weight is 273 g/mol. The van der Waals surface area contributed by atoms with E-state index in [1.807, 2.05) is 6.92 Å². The Morgan fingerprint density at radius 1 is 1.16 bits per heavy atom. The smallest absolute Gasteiger partial charge is 0.172 e. The van der Waals surface area contributed by atoms with Crippen LogP contribution in [-0.4, -0.2) is 33.1 Å². The molecule has 0 saturated carbocycles. The average Bonchev–Trinajstić information content (AvgIpc) is 2.40. The van der Waals surface area contributed by atoms with Crippen molar-refractivity contribution in [3.63, 3.8) is 0 Å². The van der Waals surface area contributed by atoms with Gasteiger partial charge in [0.15, 0.2) is 6.29 Å². The van der Waals surface area contributed by atoms with Gasteiger partial charge in [-0.05, 0) is 31.5 Å². The highest BCUT2D eigenvalue weighted by Gasteiger charge is 2.23. The van der Waals surface area contributed by atoms with Gasteiger partial charge in [0.25, 0.3) is 0 Å². The van der Waals surface area contributed by atoms with Crippen LogP contribution in [0.3, 0.4) is 0 Å². The largest absolute Gasteiger partial charge is 0.354 e.